The van der Waals surface area contributed by atoms with Gasteiger partial charge in [-0.3, -0.25) is 4.79 Å². The monoisotopic (exact) mass is 292 g/mol. The van der Waals surface area contributed by atoms with Crippen molar-refractivity contribution in [1.82, 2.24) is 0 Å². The number of para-hydroxylation sites is 1. The van der Waals surface area contributed by atoms with E-state index in [0.29, 0.717) is 12.0 Å². The number of phenolic OH excluding ortho intramolecular Hbond substituents is 1. The molecule has 0 amide bonds. The molecule has 118 valence electrons. The van der Waals surface area contributed by atoms with Crippen LogP contribution in [0.4, 0.5) is 0 Å². The van der Waals surface area contributed by atoms with E-state index in [4.69, 9.17) is 0 Å². The van der Waals surface area contributed by atoms with E-state index in [1.807, 2.05) is 0 Å². The van der Waals surface area contributed by atoms with Gasteiger partial charge >= 0.3 is 0 Å². The minimum atomic E-state index is -0.604. The number of ketones is 1. The van der Waals surface area contributed by atoms with Crippen LogP contribution in [-0.4, -0.2) is 22.1 Å². The third kappa shape index (κ3) is 7.28. The number of aromatic hydroxyl groups is 1. The Bertz CT molecular complexity index is 415. The summed E-state index contributed by atoms with van der Waals surface area (Å²) in [6.07, 6.45) is 8.55. The van der Waals surface area contributed by atoms with Crippen LogP contribution in [0.1, 0.15) is 75.1 Å². The third-order valence-corrected chi connectivity index (χ3v) is 3.77. The van der Waals surface area contributed by atoms with Crippen LogP contribution in [0.5, 0.6) is 5.75 Å². The van der Waals surface area contributed by atoms with Gasteiger partial charge in [-0.15, -0.1) is 0 Å². The topological polar surface area (TPSA) is 57.5 Å². The standard InChI is InChI=1S/C18H28O3/c1-2-3-4-5-6-7-8-11-15(19)14-18(21)16-12-9-10-13-17(16)20/h9-10,12-13,15,19-20H,2-8,11,14H2,1H3. The van der Waals surface area contributed by atoms with Gasteiger partial charge < -0.3 is 10.2 Å². The van der Waals surface area contributed by atoms with Crippen LogP contribution in [0.3, 0.4) is 0 Å². The molecule has 1 atom stereocenters. The van der Waals surface area contributed by atoms with Crippen molar-refractivity contribution in [2.75, 3.05) is 0 Å². The second-order valence-electron chi connectivity index (χ2n) is 5.71. The molecule has 0 aliphatic carbocycles. The van der Waals surface area contributed by atoms with Gasteiger partial charge in [-0.05, 0) is 18.6 Å². The lowest BCUT2D eigenvalue weighted by Crippen LogP contribution is -2.13. The van der Waals surface area contributed by atoms with Crippen LogP contribution in [0, 0.1) is 0 Å². The summed E-state index contributed by atoms with van der Waals surface area (Å²) in [5.41, 5.74) is 0.302. The first kappa shape index (κ1) is 17.7. The molecule has 1 aromatic carbocycles. The molecule has 0 bridgehead atoms. The normalized spacial score (nSPS) is 12.3. The molecule has 3 heteroatoms. The Kier molecular flexibility index (Phi) is 8.76. The summed E-state index contributed by atoms with van der Waals surface area (Å²) in [4.78, 5) is 12.0. The molecule has 0 radical (unpaired) electrons. The van der Waals surface area contributed by atoms with Crippen LogP contribution < -0.4 is 0 Å². The summed E-state index contributed by atoms with van der Waals surface area (Å²) < 4.78 is 0. The summed E-state index contributed by atoms with van der Waals surface area (Å²) in [5.74, 6) is -0.200. The number of unbranched alkanes of at least 4 members (excludes halogenated alkanes) is 6. The highest BCUT2D eigenvalue weighted by Gasteiger charge is 2.15. The fourth-order valence-electron chi connectivity index (χ4n) is 2.47. The first-order valence-corrected chi connectivity index (χ1v) is 8.14. The SMILES string of the molecule is CCCCCCCCCC(O)CC(=O)c1ccccc1O. The van der Waals surface area contributed by atoms with Crippen molar-refractivity contribution < 1.29 is 15.0 Å². The number of hydrogen-bond acceptors (Lipinski definition) is 3. The summed E-state index contributed by atoms with van der Waals surface area (Å²) in [5, 5.41) is 19.5. The number of benzene rings is 1. The smallest absolute Gasteiger partial charge is 0.169 e. The molecule has 0 aliphatic heterocycles. The van der Waals surface area contributed by atoms with Gasteiger partial charge in [-0.25, -0.2) is 0 Å². The van der Waals surface area contributed by atoms with Crippen molar-refractivity contribution in [2.45, 2.75) is 70.8 Å². The first-order valence-electron chi connectivity index (χ1n) is 8.14. The molecule has 0 saturated carbocycles. The van der Waals surface area contributed by atoms with Crippen molar-refractivity contribution in [2.24, 2.45) is 0 Å². The summed E-state index contributed by atoms with van der Waals surface area (Å²) in [7, 11) is 0. The maximum atomic E-state index is 12.0. The van der Waals surface area contributed by atoms with E-state index in [2.05, 4.69) is 6.92 Å². The second-order valence-corrected chi connectivity index (χ2v) is 5.71. The lowest BCUT2D eigenvalue weighted by Gasteiger charge is -2.10. The van der Waals surface area contributed by atoms with Gasteiger partial charge in [0.15, 0.2) is 5.78 Å². The Morgan fingerprint density at radius 1 is 1.05 bits per heavy atom. The van der Waals surface area contributed by atoms with Gasteiger partial charge in [0.05, 0.1) is 11.7 Å². The molecule has 2 N–H and O–H groups in total. The minimum absolute atomic E-state index is 0.00868. The van der Waals surface area contributed by atoms with Gasteiger partial charge in [0.2, 0.25) is 0 Å². The van der Waals surface area contributed by atoms with Gasteiger partial charge in [-0.1, -0.05) is 64.0 Å². The van der Waals surface area contributed by atoms with Gasteiger partial charge in [0, 0.05) is 6.42 Å². The molecule has 0 spiro atoms. The maximum Gasteiger partial charge on any atom is 0.169 e. The Balaban J connectivity index is 2.17. The van der Waals surface area contributed by atoms with Crippen LogP contribution in [0.15, 0.2) is 24.3 Å². The van der Waals surface area contributed by atoms with E-state index in [-0.39, 0.29) is 18.0 Å². The average molecular weight is 292 g/mol. The van der Waals surface area contributed by atoms with Crippen LogP contribution in [0.2, 0.25) is 0 Å². The van der Waals surface area contributed by atoms with E-state index < -0.39 is 6.10 Å². The number of aliphatic hydroxyl groups excluding tert-OH is 1. The predicted molar refractivity (Wildman–Crippen MR) is 85.7 cm³/mol. The Morgan fingerprint density at radius 3 is 2.33 bits per heavy atom. The maximum absolute atomic E-state index is 12.0. The number of Topliss-reactive ketones (excluding diaryl/α,β-unsaturated/α-hetero) is 1. The molecule has 0 aliphatic rings. The molecule has 0 saturated heterocycles. The molecule has 0 aromatic heterocycles. The summed E-state index contributed by atoms with van der Waals surface area (Å²) in [6, 6.07) is 6.49. The zero-order valence-corrected chi connectivity index (χ0v) is 13.1. The van der Waals surface area contributed by atoms with Gasteiger partial charge in [-0.2, -0.15) is 0 Å². The zero-order chi connectivity index (χ0) is 15.5. The second kappa shape index (κ2) is 10.4. The fraction of sp³-hybridized carbons (Fsp3) is 0.611. The first-order chi connectivity index (χ1) is 10.1. The van der Waals surface area contributed by atoms with Crippen LogP contribution in [-0.2, 0) is 0 Å². The van der Waals surface area contributed by atoms with Gasteiger partial charge in [0.1, 0.15) is 5.75 Å². The van der Waals surface area contributed by atoms with Crippen molar-refractivity contribution in [1.29, 1.82) is 0 Å². The van der Waals surface area contributed by atoms with Gasteiger partial charge in [0.25, 0.3) is 0 Å². The Labute approximate surface area is 128 Å². The summed E-state index contributed by atoms with van der Waals surface area (Å²) >= 11 is 0. The minimum Gasteiger partial charge on any atom is -0.507 e. The highest BCUT2D eigenvalue weighted by Crippen LogP contribution is 2.19. The average Bonchev–Trinajstić information content (AvgIpc) is 2.46. The molecular weight excluding hydrogens is 264 g/mol. The van der Waals surface area contributed by atoms with E-state index >= 15 is 0 Å². The van der Waals surface area contributed by atoms with Crippen LogP contribution >= 0.6 is 0 Å². The number of aliphatic hydroxyl groups is 1. The van der Waals surface area contributed by atoms with E-state index in [0.717, 1.165) is 12.8 Å². The fourth-order valence-corrected chi connectivity index (χ4v) is 2.47. The number of phenols is 1. The molecule has 1 aromatic rings. The number of carbonyl (C=O) groups excluding carboxylic acids is 1. The molecule has 1 unspecified atom stereocenters. The molecule has 0 fully saturated rings. The largest absolute Gasteiger partial charge is 0.507 e. The van der Waals surface area contributed by atoms with Crippen molar-refractivity contribution in [3.8, 4) is 5.75 Å². The third-order valence-electron chi connectivity index (χ3n) is 3.77. The molecule has 0 heterocycles. The molecule has 21 heavy (non-hydrogen) atoms. The Hall–Kier alpha value is -1.35. The summed E-state index contributed by atoms with van der Waals surface area (Å²) in [6.45, 7) is 2.21. The molecular formula is C18H28O3. The van der Waals surface area contributed by atoms with E-state index in [9.17, 15) is 15.0 Å². The Morgan fingerprint density at radius 2 is 1.67 bits per heavy atom. The number of carbonyl (C=O) groups is 1. The van der Waals surface area contributed by atoms with E-state index in [1.54, 1.807) is 18.2 Å². The molecule has 3 nitrogen and oxygen atoms in total. The van der Waals surface area contributed by atoms with Crippen molar-refractivity contribution in [3.63, 3.8) is 0 Å². The molecule has 1 rings (SSSR count). The quantitative estimate of drug-likeness (QED) is 0.467. The number of hydrogen-bond donors (Lipinski definition) is 2. The lowest BCUT2D eigenvalue weighted by atomic mass is 10.00. The highest BCUT2D eigenvalue weighted by atomic mass is 16.3. The number of rotatable bonds is 11. The highest BCUT2D eigenvalue weighted by molar-refractivity contribution is 5.98. The van der Waals surface area contributed by atoms with Crippen LogP contribution in [0.25, 0.3) is 0 Å². The lowest BCUT2D eigenvalue weighted by molar-refractivity contribution is 0.0861. The van der Waals surface area contributed by atoms with Crippen molar-refractivity contribution in [3.05, 3.63) is 29.8 Å². The van der Waals surface area contributed by atoms with Crippen molar-refractivity contribution >= 4 is 5.78 Å². The predicted octanol–water partition coefficient (Wildman–Crippen LogP) is 4.47. The van der Waals surface area contributed by atoms with E-state index in [1.165, 1.54) is 38.2 Å². The zero-order valence-electron chi connectivity index (χ0n) is 13.1.